The van der Waals surface area contributed by atoms with E-state index >= 15 is 0 Å². The zero-order chi connectivity index (χ0) is 69.0. The third-order valence-corrected chi connectivity index (χ3v) is 15.6. The van der Waals surface area contributed by atoms with Crippen molar-refractivity contribution in [3.63, 3.8) is 0 Å². The Morgan fingerprint density at radius 2 is 0.568 bits per heavy atom. The van der Waals surface area contributed by atoms with E-state index in [-0.39, 0.29) is 38.6 Å². The van der Waals surface area contributed by atoms with E-state index in [1.807, 2.05) is 21.1 Å². The fraction of sp³-hybridized carbons (Fsp3) is 0.616. The Kier molecular flexibility index (Phi) is 69.8. The van der Waals surface area contributed by atoms with Crippen LogP contribution in [0.2, 0.25) is 0 Å². The number of likely N-dealkylation sites (N-methyl/N-ethyl adjacent to an activating group) is 1. The van der Waals surface area contributed by atoms with Crippen LogP contribution in [0.4, 0.5) is 0 Å². The summed E-state index contributed by atoms with van der Waals surface area (Å²) in [5.74, 6) is -2.32. The molecule has 0 aliphatic carbocycles. The molecule has 9 nitrogen and oxygen atoms in total. The molecule has 0 aromatic rings. The van der Waals surface area contributed by atoms with Gasteiger partial charge in [0.2, 0.25) is 0 Å². The summed E-state index contributed by atoms with van der Waals surface area (Å²) in [6.45, 7) is 4.50. The number of esters is 2. The minimum Gasteiger partial charge on any atom is -0.545 e. The predicted molar refractivity (Wildman–Crippen MR) is 407 cm³/mol. The lowest BCUT2D eigenvalue weighted by molar-refractivity contribution is -0.870. The first kappa shape index (κ1) is 89.4. The predicted octanol–water partition coefficient (Wildman–Crippen LogP) is 23.0. The quantitative estimate of drug-likeness (QED) is 0.0195. The van der Waals surface area contributed by atoms with Crippen molar-refractivity contribution in [2.75, 3.05) is 47.5 Å². The first-order valence-electron chi connectivity index (χ1n) is 37.9. The van der Waals surface area contributed by atoms with Crippen LogP contribution < -0.4 is 5.11 Å². The molecule has 0 radical (unpaired) electrons. The van der Waals surface area contributed by atoms with Crippen molar-refractivity contribution in [3.05, 3.63) is 182 Å². The molecule has 0 rings (SSSR count). The molecule has 0 aromatic carbocycles. The highest BCUT2D eigenvalue weighted by Crippen LogP contribution is 2.17. The maximum Gasteiger partial charge on any atom is 0.306 e. The fourth-order valence-corrected chi connectivity index (χ4v) is 9.95. The second-order valence-corrected chi connectivity index (χ2v) is 25.8. The Bertz CT molecular complexity index is 2220. The summed E-state index contributed by atoms with van der Waals surface area (Å²) in [5, 5.41) is 11.8. The number of carbonyl (C=O) groups excluding carboxylic acids is 3. The summed E-state index contributed by atoms with van der Waals surface area (Å²) in [5.41, 5.74) is 0. The molecular weight excluding hydrogens is 1170 g/mol. The standard InChI is InChI=1S/C86H139NO8/c1-6-8-10-12-14-16-18-20-22-24-26-28-30-32-34-36-38-39-40-41-42-43-44-45-47-49-51-53-55-57-59-61-63-65-67-69-71-73-75-77-84(89)95-82(81-94-86(85(90)91)92-79-78-87(3,4)5)80-93-83(88)76-74-72-70-68-66-64-62-60-58-56-54-52-50-48-46-37-35-33-31-29-27-25-23-21-19-17-15-13-11-9-7-2/h8-11,14-17,20-23,26-29,32,34,38-39,41-42,44-45,49,51,55,57,61,63,82,86H,6-7,12-13,18-19,24-25,30-31,33,35-37,40,43,46-48,50,52-54,56,58-60,62,64-81H2,1-5H3/b10-8-,11-9-,16-14-,17-15-,22-20-,23-21-,28-26-,29-27-,34-32-,39-38-,42-41-,45-44-,51-49-,57-55-,63-61-. The third-order valence-electron chi connectivity index (χ3n) is 15.6. The Balaban J connectivity index is 4.18. The Morgan fingerprint density at radius 1 is 0.316 bits per heavy atom. The molecule has 536 valence electrons. The first-order valence-corrected chi connectivity index (χ1v) is 37.9. The van der Waals surface area contributed by atoms with Crippen molar-refractivity contribution >= 4 is 17.9 Å². The van der Waals surface area contributed by atoms with Gasteiger partial charge in [-0.3, -0.25) is 9.59 Å². The van der Waals surface area contributed by atoms with Crippen LogP contribution in [-0.2, 0) is 33.3 Å². The Morgan fingerprint density at radius 3 is 0.842 bits per heavy atom. The van der Waals surface area contributed by atoms with Gasteiger partial charge in [-0.05, 0) is 135 Å². The number of rotatable bonds is 68. The molecule has 0 aromatic heterocycles. The number of allylic oxidation sites excluding steroid dienone is 30. The molecule has 0 heterocycles. The number of aliphatic carboxylic acids is 1. The minimum atomic E-state index is -1.64. The van der Waals surface area contributed by atoms with E-state index < -0.39 is 24.3 Å². The van der Waals surface area contributed by atoms with Crippen molar-refractivity contribution < 1.29 is 42.9 Å². The number of carbonyl (C=O) groups is 3. The van der Waals surface area contributed by atoms with E-state index in [2.05, 4.69) is 196 Å². The molecule has 0 aliphatic rings. The van der Waals surface area contributed by atoms with E-state index in [1.165, 1.54) is 103 Å². The fourth-order valence-electron chi connectivity index (χ4n) is 9.95. The van der Waals surface area contributed by atoms with Crippen LogP contribution in [0.5, 0.6) is 0 Å². The normalized spacial score (nSPS) is 13.7. The molecule has 0 fully saturated rings. The molecule has 9 heteroatoms. The average Bonchev–Trinajstić information content (AvgIpc) is 2.92. The molecular formula is C86H139NO8. The third kappa shape index (κ3) is 75.6. The molecule has 95 heavy (non-hydrogen) atoms. The van der Waals surface area contributed by atoms with Crippen LogP contribution >= 0.6 is 0 Å². The van der Waals surface area contributed by atoms with E-state index in [4.69, 9.17) is 18.9 Å². The van der Waals surface area contributed by atoms with Crippen LogP contribution in [0.1, 0.15) is 284 Å². The van der Waals surface area contributed by atoms with Crippen molar-refractivity contribution in [1.29, 1.82) is 0 Å². The van der Waals surface area contributed by atoms with Gasteiger partial charge in [-0.2, -0.15) is 0 Å². The SMILES string of the molecule is CC/C=C\C/C=C\C/C=C\C/C=C\C/C=C\C/C=C\C/C=C\C/C=C\C/C=C\C/C=C\C/C=C\CCCCCCCC(=O)OC(COC(=O)CCCCCCCCCCCCCCCCCCCC/C=C\C/C=C\C/C=C\C/C=C\CC)COC(OCC[N+](C)(C)C)C(=O)[O-]. The van der Waals surface area contributed by atoms with Gasteiger partial charge >= 0.3 is 11.9 Å². The number of carboxylic acid groups (broad SMARTS) is 1. The van der Waals surface area contributed by atoms with Crippen LogP contribution in [0.25, 0.3) is 0 Å². The van der Waals surface area contributed by atoms with E-state index in [9.17, 15) is 19.5 Å². The number of hydrogen-bond donors (Lipinski definition) is 0. The van der Waals surface area contributed by atoms with Gasteiger partial charge in [0.05, 0.1) is 40.3 Å². The highest BCUT2D eigenvalue weighted by atomic mass is 16.7. The van der Waals surface area contributed by atoms with E-state index in [1.54, 1.807) is 0 Å². The van der Waals surface area contributed by atoms with Gasteiger partial charge in [0.15, 0.2) is 12.4 Å². The van der Waals surface area contributed by atoms with Crippen molar-refractivity contribution in [2.24, 2.45) is 0 Å². The first-order chi connectivity index (χ1) is 46.6. The van der Waals surface area contributed by atoms with Gasteiger partial charge in [-0.25, -0.2) is 0 Å². The highest BCUT2D eigenvalue weighted by Gasteiger charge is 2.22. The number of carboxylic acids is 1. The topological polar surface area (TPSA) is 111 Å². The van der Waals surface area contributed by atoms with Crippen LogP contribution in [0.3, 0.4) is 0 Å². The average molecular weight is 1320 g/mol. The lowest BCUT2D eigenvalue weighted by Gasteiger charge is -2.26. The Hall–Kier alpha value is -5.61. The zero-order valence-corrected chi connectivity index (χ0v) is 61.2. The molecule has 0 aliphatic heterocycles. The summed E-state index contributed by atoms with van der Waals surface area (Å²) in [6, 6.07) is 0. The van der Waals surface area contributed by atoms with E-state index in [0.29, 0.717) is 17.4 Å². The zero-order valence-electron chi connectivity index (χ0n) is 61.2. The van der Waals surface area contributed by atoms with Gasteiger partial charge in [-0.1, -0.05) is 318 Å². The summed E-state index contributed by atoms with van der Waals surface area (Å²) in [4.78, 5) is 37.6. The molecule has 0 amide bonds. The van der Waals surface area contributed by atoms with Crippen molar-refractivity contribution in [1.82, 2.24) is 0 Å². The largest absolute Gasteiger partial charge is 0.545 e. The number of quaternary nitrogens is 1. The number of hydrogen-bond acceptors (Lipinski definition) is 8. The van der Waals surface area contributed by atoms with Crippen LogP contribution in [0.15, 0.2) is 182 Å². The second-order valence-electron chi connectivity index (χ2n) is 25.8. The number of unbranched alkanes of at least 4 members (excludes halogenated alkanes) is 23. The lowest BCUT2D eigenvalue weighted by atomic mass is 10.0. The van der Waals surface area contributed by atoms with Crippen molar-refractivity contribution in [3.8, 4) is 0 Å². The lowest BCUT2D eigenvalue weighted by Crippen LogP contribution is -2.44. The maximum atomic E-state index is 13.0. The van der Waals surface area contributed by atoms with Crippen LogP contribution in [-0.4, -0.2) is 82.3 Å². The molecule has 0 N–H and O–H groups in total. The second kappa shape index (κ2) is 74.2. The molecule has 0 saturated heterocycles. The summed E-state index contributed by atoms with van der Waals surface area (Å²) < 4.78 is 22.8. The molecule has 0 saturated carbocycles. The molecule has 0 bridgehead atoms. The van der Waals surface area contributed by atoms with Crippen LogP contribution in [0, 0.1) is 0 Å². The molecule has 2 unspecified atom stereocenters. The van der Waals surface area contributed by atoms with Gasteiger partial charge in [0, 0.05) is 12.8 Å². The van der Waals surface area contributed by atoms with Gasteiger partial charge in [-0.15, -0.1) is 0 Å². The minimum absolute atomic E-state index is 0.135. The van der Waals surface area contributed by atoms with E-state index in [0.717, 1.165) is 148 Å². The molecule has 0 spiro atoms. The molecule has 2 atom stereocenters. The Labute approximate surface area is 583 Å². The summed E-state index contributed by atoms with van der Waals surface area (Å²) >= 11 is 0. The van der Waals surface area contributed by atoms with Gasteiger partial charge < -0.3 is 33.3 Å². The smallest absolute Gasteiger partial charge is 0.306 e. The monoisotopic (exact) mass is 1310 g/mol. The highest BCUT2D eigenvalue weighted by molar-refractivity contribution is 5.70. The maximum absolute atomic E-state index is 13.0. The summed E-state index contributed by atoms with van der Waals surface area (Å²) in [6.07, 6.45) is 110. The number of nitrogens with zero attached hydrogens (tertiary/aromatic N) is 1. The summed E-state index contributed by atoms with van der Waals surface area (Å²) in [7, 11) is 5.92. The van der Waals surface area contributed by atoms with Gasteiger partial charge in [0.25, 0.3) is 0 Å². The van der Waals surface area contributed by atoms with Crippen molar-refractivity contribution in [2.45, 2.75) is 296 Å². The number of ether oxygens (including phenoxy) is 4. The van der Waals surface area contributed by atoms with Gasteiger partial charge in [0.1, 0.15) is 13.2 Å².